The fourth-order valence-electron chi connectivity index (χ4n) is 3.41. The van der Waals surface area contributed by atoms with Crippen molar-refractivity contribution < 1.29 is 9.59 Å². The van der Waals surface area contributed by atoms with Crippen molar-refractivity contribution in [2.45, 2.75) is 51.6 Å². The van der Waals surface area contributed by atoms with E-state index in [0.717, 1.165) is 19.5 Å². The first-order chi connectivity index (χ1) is 9.43. The molecule has 2 aliphatic rings. The zero-order valence-electron chi connectivity index (χ0n) is 13.1. The largest absolute Gasteiger partial charge is 0.340 e. The van der Waals surface area contributed by atoms with Crippen molar-refractivity contribution in [2.75, 3.05) is 26.7 Å². The lowest BCUT2D eigenvalue weighted by molar-refractivity contribution is -0.155. The number of amides is 2. The number of carbonyl (C=O) groups is 2. The highest BCUT2D eigenvalue weighted by molar-refractivity contribution is 5.99. The number of hydrogen-bond donors (Lipinski definition) is 1. The fraction of sp³-hybridized carbons (Fsp3) is 0.867. The second-order valence-corrected chi connectivity index (χ2v) is 6.33. The summed E-state index contributed by atoms with van der Waals surface area (Å²) in [4.78, 5) is 29.1. The minimum absolute atomic E-state index is 0.0142. The molecule has 0 aromatic heterocycles. The molecule has 20 heavy (non-hydrogen) atoms. The lowest BCUT2D eigenvalue weighted by Crippen LogP contribution is -2.69. The fourth-order valence-corrected chi connectivity index (χ4v) is 3.41. The molecule has 2 saturated heterocycles. The standard InChI is InChI=1S/C15H27N3O2/c1-5-15(6-2)14(20)18(11(3)13(19)16-15)10-12-7-8-17(4)9-12/h11-12H,5-10H2,1-4H3,(H,16,19). The van der Waals surface area contributed by atoms with Crippen LogP contribution in [-0.4, -0.2) is 59.9 Å². The normalized spacial score (nSPS) is 30.7. The quantitative estimate of drug-likeness (QED) is 0.831. The molecule has 2 fully saturated rings. The molecule has 1 N–H and O–H groups in total. The first kappa shape index (κ1) is 15.3. The summed E-state index contributed by atoms with van der Waals surface area (Å²) in [7, 11) is 2.11. The van der Waals surface area contributed by atoms with Gasteiger partial charge in [-0.15, -0.1) is 0 Å². The van der Waals surface area contributed by atoms with Crippen LogP contribution >= 0.6 is 0 Å². The van der Waals surface area contributed by atoms with E-state index in [0.29, 0.717) is 25.3 Å². The van der Waals surface area contributed by atoms with Crippen LogP contribution in [0, 0.1) is 5.92 Å². The molecule has 0 spiro atoms. The first-order valence-corrected chi connectivity index (χ1v) is 7.75. The minimum Gasteiger partial charge on any atom is -0.340 e. The third-order valence-electron chi connectivity index (χ3n) is 5.03. The van der Waals surface area contributed by atoms with Crippen LogP contribution in [0.3, 0.4) is 0 Å². The van der Waals surface area contributed by atoms with Gasteiger partial charge in [-0.2, -0.15) is 0 Å². The highest BCUT2D eigenvalue weighted by atomic mass is 16.2. The summed E-state index contributed by atoms with van der Waals surface area (Å²) in [5.41, 5.74) is -0.686. The van der Waals surface area contributed by atoms with Gasteiger partial charge in [0.15, 0.2) is 0 Å². The number of nitrogens with one attached hydrogen (secondary N) is 1. The van der Waals surface area contributed by atoms with Crippen molar-refractivity contribution in [2.24, 2.45) is 5.92 Å². The lowest BCUT2D eigenvalue weighted by Gasteiger charge is -2.45. The molecule has 0 aromatic rings. The van der Waals surface area contributed by atoms with E-state index in [1.54, 1.807) is 0 Å². The molecule has 2 aliphatic heterocycles. The summed E-state index contributed by atoms with van der Waals surface area (Å²) in [6.07, 6.45) is 2.42. The summed E-state index contributed by atoms with van der Waals surface area (Å²) in [6, 6.07) is -0.348. The Balaban J connectivity index is 2.16. The number of rotatable bonds is 4. The highest BCUT2D eigenvalue weighted by Gasteiger charge is 2.47. The summed E-state index contributed by atoms with van der Waals surface area (Å²) in [5, 5.41) is 2.95. The first-order valence-electron chi connectivity index (χ1n) is 7.75. The van der Waals surface area contributed by atoms with Crippen LogP contribution in [0.25, 0.3) is 0 Å². The molecule has 2 atom stereocenters. The van der Waals surface area contributed by atoms with Gasteiger partial charge in [-0.05, 0) is 45.7 Å². The molecule has 2 rings (SSSR count). The second-order valence-electron chi connectivity index (χ2n) is 6.33. The third-order valence-corrected chi connectivity index (χ3v) is 5.03. The molecule has 2 unspecified atom stereocenters. The number of hydrogen-bond acceptors (Lipinski definition) is 3. The van der Waals surface area contributed by atoms with Crippen LogP contribution in [0.2, 0.25) is 0 Å². The highest BCUT2D eigenvalue weighted by Crippen LogP contribution is 2.27. The van der Waals surface area contributed by atoms with E-state index >= 15 is 0 Å². The van der Waals surface area contributed by atoms with E-state index in [4.69, 9.17) is 0 Å². The molecule has 0 aromatic carbocycles. The maximum atomic E-state index is 12.8. The van der Waals surface area contributed by atoms with E-state index < -0.39 is 5.54 Å². The van der Waals surface area contributed by atoms with Gasteiger partial charge in [0.1, 0.15) is 11.6 Å². The Hall–Kier alpha value is -1.10. The van der Waals surface area contributed by atoms with E-state index in [-0.39, 0.29) is 17.9 Å². The van der Waals surface area contributed by atoms with Crippen LogP contribution in [0.1, 0.15) is 40.0 Å². The van der Waals surface area contributed by atoms with Gasteiger partial charge in [-0.1, -0.05) is 13.8 Å². The lowest BCUT2D eigenvalue weighted by atomic mass is 9.87. The molecule has 0 saturated carbocycles. The van der Waals surface area contributed by atoms with E-state index in [2.05, 4.69) is 17.3 Å². The van der Waals surface area contributed by atoms with Crippen LogP contribution in [0.5, 0.6) is 0 Å². The molecule has 2 heterocycles. The molecule has 0 radical (unpaired) electrons. The predicted octanol–water partition coefficient (Wildman–Crippen LogP) is 0.844. The summed E-state index contributed by atoms with van der Waals surface area (Å²) < 4.78 is 0. The second kappa shape index (κ2) is 5.72. The Labute approximate surface area is 121 Å². The number of piperazine rings is 1. The van der Waals surface area contributed by atoms with Crippen molar-refractivity contribution in [3.63, 3.8) is 0 Å². The van der Waals surface area contributed by atoms with Gasteiger partial charge >= 0.3 is 0 Å². The third kappa shape index (κ3) is 2.55. The average molecular weight is 281 g/mol. The Bertz CT molecular complexity index is 393. The van der Waals surface area contributed by atoms with Gasteiger partial charge in [0, 0.05) is 13.1 Å². The van der Waals surface area contributed by atoms with Gasteiger partial charge in [0.05, 0.1) is 0 Å². The summed E-state index contributed by atoms with van der Waals surface area (Å²) in [5.74, 6) is 0.576. The topological polar surface area (TPSA) is 52.7 Å². The minimum atomic E-state index is -0.686. The Morgan fingerprint density at radius 3 is 2.45 bits per heavy atom. The molecular formula is C15H27N3O2. The SMILES string of the molecule is CCC1(CC)NC(=O)C(C)N(CC2CCN(C)C2)C1=O. The van der Waals surface area contributed by atoms with Gasteiger partial charge in [0.2, 0.25) is 11.8 Å². The maximum absolute atomic E-state index is 12.8. The number of nitrogens with zero attached hydrogens (tertiary/aromatic N) is 2. The monoisotopic (exact) mass is 281 g/mol. The van der Waals surface area contributed by atoms with Crippen molar-refractivity contribution in [3.05, 3.63) is 0 Å². The molecule has 5 heteroatoms. The van der Waals surface area contributed by atoms with Gasteiger partial charge in [-0.3, -0.25) is 9.59 Å². The molecule has 0 aliphatic carbocycles. The summed E-state index contributed by atoms with van der Waals surface area (Å²) in [6.45, 7) is 8.59. The Morgan fingerprint density at radius 1 is 1.30 bits per heavy atom. The van der Waals surface area contributed by atoms with Crippen LogP contribution < -0.4 is 5.32 Å². The van der Waals surface area contributed by atoms with Crippen molar-refractivity contribution in [1.82, 2.24) is 15.1 Å². The summed E-state index contributed by atoms with van der Waals surface area (Å²) >= 11 is 0. The molecule has 114 valence electrons. The van der Waals surface area contributed by atoms with E-state index in [9.17, 15) is 9.59 Å². The van der Waals surface area contributed by atoms with Gasteiger partial charge < -0.3 is 15.1 Å². The smallest absolute Gasteiger partial charge is 0.248 e. The molecule has 2 amide bonds. The average Bonchev–Trinajstić information content (AvgIpc) is 2.84. The number of likely N-dealkylation sites (tertiary alicyclic amines) is 1. The van der Waals surface area contributed by atoms with Crippen molar-refractivity contribution >= 4 is 11.8 Å². The Kier molecular flexibility index (Phi) is 4.37. The zero-order chi connectivity index (χ0) is 14.9. The Morgan fingerprint density at radius 2 is 1.95 bits per heavy atom. The van der Waals surface area contributed by atoms with Crippen molar-refractivity contribution in [3.8, 4) is 0 Å². The zero-order valence-corrected chi connectivity index (χ0v) is 13.1. The molecule has 0 bridgehead atoms. The van der Waals surface area contributed by atoms with Gasteiger partial charge in [0.25, 0.3) is 0 Å². The van der Waals surface area contributed by atoms with Crippen LogP contribution in [0.4, 0.5) is 0 Å². The van der Waals surface area contributed by atoms with Gasteiger partial charge in [-0.25, -0.2) is 0 Å². The number of carbonyl (C=O) groups excluding carboxylic acids is 2. The van der Waals surface area contributed by atoms with Crippen LogP contribution in [0.15, 0.2) is 0 Å². The van der Waals surface area contributed by atoms with E-state index in [1.165, 1.54) is 0 Å². The van der Waals surface area contributed by atoms with Crippen molar-refractivity contribution in [1.29, 1.82) is 0 Å². The molecule has 5 nitrogen and oxygen atoms in total. The van der Waals surface area contributed by atoms with Crippen LogP contribution in [-0.2, 0) is 9.59 Å². The molecular weight excluding hydrogens is 254 g/mol. The predicted molar refractivity (Wildman–Crippen MR) is 78.2 cm³/mol. The van der Waals surface area contributed by atoms with E-state index in [1.807, 2.05) is 25.7 Å². The maximum Gasteiger partial charge on any atom is 0.248 e.